The van der Waals surface area contributed by atoms with Gasteiger partial charge in [0, 0.05) is 17.1 Å². The van der Waals surface area contributed by atoms with Gasteiger partial charge in [-0.25, -0.2) is 4.79 Å². The van der Waals surface area contributed by atoms with Crippen LogP contribution in [-0.4, -0.2) is 23.4 Å². The van der Waals surface area contributed by atoms with E-state index in [2.05, 4.69) is 5.32 Å². The van der Waals surface area contributed by atoms with E-state index in [4.69, 9.17) is 10.00 Å². The van der Waals surface area contributed by atoms with E-state index in [-0.39, 0.29) is 17.2 Å². The number of carbonyl (C=O) groups is 2. The molecule has 0 saturated heterocycles. The van der Waals surface area contributed by atoms with Gasteiger partial charge in [-0.2, -0.15) is 5.26 Å². The molecule has 0 spiro atoms. The molecule has 8 nitrogen and oxygen atoms in total. The van der Waals surface area contributed by atoms with Gasteiger partial charge >= 0.3 is 11.0 Å². The first-order valence-electron chi connectivity index (χ1n) is 7.38. The zero-order valence-electron chi connectivity index (χ0n) is 13.6. The van der Waals surface area contributed by atoms with Crippen LogP contribution in [-0.2, 0) is 9.53 Å². The number of nitrogens with zero attached hydrogens (tertiary/aromatic N) is 2. The van der Waals surface area contributed by atoms with Gasteiger partial charge in [-0.15, -0.1) is 0 Å². The van der Waals surface area contributed by atoms with Crippen molar-refractivity contribution in [2.75, 3.05) is 11.9 Å². The fraction of sp³-hybridized carbons (Fsp3) is 0.118. The van der Waals surface area contributed by atoms with Crippen molar-refractivity contribution in [2.24, 2.45) is 0 Å². The Bertz CT molecular complexity index is 909. The van der Waals surface area contributed by atoms with E-state index >= 15 is 0 Å². The summed E-state index contributed by atoms with van der Waals surface area (Å²) in [4.78, 5) is 33.9. The molecule has 1 heterocycles. The Morgan fingerprint density at radius 1 is 1.38 bits per heavy atom. The molecule has 1 aromatic carbocycles. The number of benzene rings is 1. The molecule has 0 aliphatic carbocycles. The summed E-state index contributed by atoms with van der Waals surface area (Å²) in [6.07, 6.45) is 1.27. The number of esters is 1. The largest absolute Gasteiger partial charge is 0.462 e. The summed E-state index contributed by atoms with van der Waals surface area (Å²) >= 11 is 0.905. The third kappa shape index (κ3) is 4.75. The Balaban J connectivity index is 2.11. The summed E-state index contributed by atoms with van der Waals surface area (Å²) in [5.74, 6) is -1.13. The lowest BCUT2D eigenvalue weighted by atomic mass is 10.1. The number of carbonyl (C=O) groups excluding carboxylic acids is 2. The molecule has 0 atom stereocenters. The number of nitriles is 1. The minimum Gasteiger partial charge on any atom is -0.462 e. The Morgan fingerprint density at radius 2 is 2.08 bits per heavy atom. The number of rotatable bonds is 6. The lowest BCUT2D eigenvalue weighted by molar-refractivity contribution is -0.380. The smallest absolute Gasteiger partial charge is 0.338 e. The number of nitrogens with one attached hydrogen (secondary N) is 1. The van der Waals surface area contributed by atoms with Crippen molar-refractivity contribution < 1.29 is 19.2 Å². The Labute approximate surface area is 152 Å². The van der Waals surface area contributed by atoms with E-state index in [0.717, 1.165) is 11.3 Å². The van der Waals surface area contributed by atoms with Gasteiger partial charge in [-0.05, 0) is 42.8 Å². The Morgan fingerprint density at radius 3 is 2.62 bits per heavy atom. The average Bonchev–Trinajstić information content (AvgIpc) is 3.09. The molecule has 0 aliphatic rings. The average molecular weight is 371 g/mol. The number of nitro groups is 1. The number of thiophene rings is 1. The molecule has 0 fully saturated rings. The second-order valence-corrected chi connectivity index (χ2v) is 5.79. The second-order valence-electron chi connectivity index (χ2n) is 4.90. The second kappa shape index (κ2) is 8.55. The molecule has 1 amide bonds. The van der Waals surface area contributed by atoms with Crippen LogP contribution in [0.25, 0.3) is 6.08 Å². The van der Waals surface area contributed by atoms with Gasteiger partial charge in [0.25, 0.3) is 5.91 Å². The van der Waals surface area contributed by atoms with Gasteiger partial charge in [0.1, 0.15) is 11.6 Å². The van der Waals surface area contributed by atoms with Crippen molar-refractivity contribution >= 4 is 40.0 Å². The van der Waals surface area contributed by atoms with Crippen LogP contribution < -0.4 is 5.32 Å². The van der Waals surface area contributed by atoms with Crippen molar-refractivity contribution in [2.45, 2.75) is 6.92 Å². The van der Waals surface area contributed by atoms with Crippen LogP contribution in [0.15, 0.2) is 41.3 Å². The number of hydrogen-bond donors (Lipinski definition) is 1. The third-order valence-electron chi connectivity index (χ3n) is 3.12. The molecule has 26 heavy (non-hydrogen) atoms. The topological polar surface area (TPSA) is 122 Å². The number of amides is 1. The van der Waals surface area contributed by atoms with Gasteiger partial charge in [0.15, 0.2) is 0 Å². The normalized spacial score (nSPS) is 10.7. The van der Waals surface area contributed by atoms with Crippen LogP contribution in [0.2, 0.25) is 0 Å². The SMILES string of the molecule is CCOC(=O)c1ccc(NC(=O)/C(C#N)=C\c2csc([N+](=O)[O-])c2)cc1. The van der Waals surface area contributed by atoms with Crippen LogP contribution >= 0.6 is 11.3 Å². The van der Waals surface area contributed by atoms with Crippen molar-refractivity contribution in [3.05, 3.63) is 62.5 Å². The molecule has 1 N–H and O–H groups in total. The summed E-state index contributed by atoms with van der Waals surface area (Å²) in [6.45, 7) is 1.96. The van der Waals surface area contributed by atoms with E-state index in [0.29, 0.717) is 16.8 Å². The molecule has 0 radical (unpaired) electrons. The predicted octanol–water partition coefficient (Wildman–Crippen LogP) is 3.38. The van der Waals surface area contributed by atoms with Crippen LogP contribution in [0.1, 0.15) is 22.8 Å². The maximum atomic E-state index is 12.2. The zero-order valence-corrected chi connectivity index (χ0v) is 14.4. The molecule has 2 rings (SSSR count). The molecular formula is C17H13N3O5S. The highest BCUT2D eigenvalue weighted by molar-refractivity contribution is 7.13. The Hall–Kier alpha value is -3.51. The molecule has 0 bridgehead atoms. The van der Waals surface area contributed by atoms with Gasteiger partial charge < -0.3 is 10.1 Å². The maximum absolute atomic E-state index is 12.2. The summed E-state index contributed by atoms with van der Waals surface area (Å²) in [7, 11) is 0. The highest BCUT2D eigenvalue weighted by Gasteiger charge is 2.13. The summed E-state index contributed by atoms with van der Waals surface area (Å²) in [6, 6.07) is 9.05. The molecule has 0 saturated carbocycles. The molecule has 0 aliphatic heterocycles. The monoisotopic (exact) mass is 371 g/mol. The summed E-state index contributed by atoms with van der Waals surface area (Å²) < 4.78 is 4.86. The zero-order chi connectivity index (χ0) is 19.1. The predicted molar refractivity (Wildman–Crippen MR) is 95.6 cm³/mol. The standard InChI is InChI=1S/C17H13N3O5S/c1-2-25-17(22)12-3-5-14(6-4-12)19-16(21)13(9-18)7-11-8-15(20(23)24)26-10-11/h3-8,10H,2H2,1H3,(H,19,21)/b13-7-. The fourth-order valence-electron chi connectivity index (χ4n) is 1.93. The van der Waals surface area contributed by atoms with Gasteiger partial charge in [0.2, 0.25) is 0 Å². The molecule has 0 unspecified atom stereocenters. The quantitative estimate of drug-likeness (QED) is 0.273. The minimum atomic E-state index is -0.662. The molecule has 9 heteroatoms. The summed E-state index contributed by atoms with van der Waals surface area (Å²) in [5.41, 5.74) is 0.921. The van der Waals surface area contributed by atoms with Crippen molar-refractivity contribution in [1.29, 1.82) is 5.26 Å². The number of ether oxygens (including phenoxy) is 1. The molecule has 2 aromatic rings. The Kier molecular flexibility index (Phi) is 6.19. The van der Waals surface area contributed by atoms with Crippen LogP contribution in [0.5, 0.6) is 0 Å². The lowest BCUT2D eigenvalue weighted by Crippen LogP contribution is -2.13. The highest BCUT2D eigenvalue weighted by atomic mass is 32.1. The van der Waals surface area contributed by atoms with E-state index in [1.54, 1.807) is 13.0 Å². The van der Waals surface area contributed by atoms with Crippen LogP contribution in [0.4, 0.5) is 10.7 Å². The van der Waals surface area contributed by atoms with Crippen molar-refractivity contribution in [3.63, 3.8) is 0 Å². The molecular weight excluding hydrogens is 358 g/mol. The van der Waals surface area contributed by atoms with E-state index in [9.17, 15) is 19.7 Å². The highest BCUT2D eigenvalue weighted by Crippen LogP contribution is 2.24. The first-order chi connectivity index (χ1) is 12.4. The first kappa shape index (κ1) is 18.8. The van der Waals surface area contributed by atoms with E-state index < -0.39 is 16.8 Å². The van der Waals surface area contributed by atoms with Gasteiger partial charge in [0.05, 0.1) is 17.1 Å². The first-order valence-corrected chi connectivity index (χ1v) is 8.25. The van der Waals surface area contributed by atoms with Gasteiger partial charge in [-0.1, -0.05) is 11.3 Å². The van der Waals surface area contributed by atoms with Gasteiger partial charge in [-0.3, -0.25) is 14.9 Å². The van der Waals surface area contributed by atoms with E-state index in [1.807, 2.05) is 0 Å². The maximum Gasteiger partial charge on any atom is 0.338 e. The summed E-state index contributed by atoms with van der Waals surface area (Å²) in [5, 5.41) is 23.8. The van der Waals surface area contributed by atoms with Crippen LogP contribution in [0.3, 0.4) is 0 Å². The fourth-order valence-corrected chi connectivity index (χ4v) is 2.61. The minimum absolute atomic E-state index is 0.0801. The third-order valence-corrected chi connectivity index (χ3v) is 4.01. The number of anilines is 1. The van der Waals surface area contributed by atoms with Crippen molar-refractivity contribution in [3.8, 4) is 6.07 Å². The van der Waals surface area contributed by atoms with E-state index in [1.165, 1.54) is 41.8 Å². The molecule has 132 valence electrons. The van der Waals surface area contributed by atoms with Crippen molar-refractivity contribution in [1.82, 2.24) is 0 Å². The van der Waals surface area contributed by atoms with Crippen LogP contribution in [0, 0.1) is 21.4 Å². The number of hydrogen-bond acceptors (Lipinski definition) is 7. The lowest BCUT2D eigenvalue weighted by Gasteiger charge is -2.06. The molecule has 1 aromatic heterocycles.